The quantitative estimate of drug-likeness (QED) is 0.599. The third-order valence-corrected chi connectivity index (χ3v) is 7.08. The molecular weight excluding hydrogens is 418 g/mol. The number of rotatable bonds is 6. The van der Waals surface area contributed by atoms with Crippen LogP contribution in [0.4, 0.5) is 5.69 Å². The minimum absolute atomic E-state index is 0.102. The highest BCUT2D eigenvalue weighted by Gasteiger charge is 2.35. The first-order valence-corrected chi connectivity index (χ1v) is 11.7. The van der Waals surface area contributed by atoms with Gasteiger partial charge < -0.3 is 20.7 Å². The molecule has 1 amide bonds. The molecule has 1 aromatic heterocycles. The lowest BCUT2D eigenvalue weighted by molar-refractivity contribution is -0.138. The van der Waals surface area contributed by atoms with E-state index in [1.165, 1.54) is 0 Å². The number of aliphatic carboxylic acids is 1. The summed E-state index contributed by atoms with van der Waals surface area (Å²) in [4.78, 5) is 35.9. The molecule has 4 N–H and O–H groups in total. The van der Waals surface area contributed by atoms with Gasteiger partial charge in [-0.1, -0.05) is 13.8 Å². The van der Waals surface area contributed by atoms with Crippen molar-refractivity contribution in [3.05, 3.63) is 46.8 Å². The first-order chi connectivity index (χ1) is 15.5. The number of anilines is 1. The molecule has 176 valence electrons. The van der Waals surface area contributed by atoms with Gasteiger partial charge in [-0.25, -0.2) is 0 Å². The number of aromatic nitrogens is 1. The van der Waals surface area contributed by atoms with Gasteiger partial charge in [0.2, 0.25) is 0 Å². The Labute approximate surface area is 194 Å². The number of benzene rings is 1. The van der Waals surface area contributed by atoms with Crippen LogP contribution in [-0.4, -0.2) is 33.4 Å². The zero-order chi connectivity index (χ0) is 23.9. The maximum absolute atomic E-state index is 12.8. The van der Waals surface area contributed by atoms with E-state index in [9.17, 15) is 14.4 Å². The Kier molecular flexibility index (Phi) is 6.08. The Balaban J connectivity index is 1.63. The molecule has 7 nitrogen and oxygen atoms in total. The number of fused-ring (bicyclic) bond motifs is 1. The predicted molar refractivity (Wildman–Crippen MR) is 127 cm³/mol. The summed E-state index contributed by atoms with van der Waals surface area (Å²) < 4.78 is 2.07. The van der Waals surface area contributed by atoms with E-state index < -0.39 is 11.9 Å². The Hall–Kier alpha value is -3.09. The lowest BCUT2D eigenvalue weighted by atomic mass is 9.75. The number of hydrogen-bond acceptors (Lipinski definition) is 4. The van der Waals surface area contributed by atoms with Crippen LogP contribution in [0.15, 0.2) is 24.4 Å². The predicted octanol–water partition coefficient (Wildman–Crippen LogP) is 4.49. The van der Waals surface area contributed by atoms with Crippen LogP contribution in [0.25, 0.3) is 5.69 Å². The van der Waals surface area contributed by atoms with Crippen molar-refractivity contribution in [3.63, 3.8) is 0 Å². The van der Waals surface area contributed by atoms with E-state index in [-0.39, 0.29) is 29.6 Å². The first-order valence-electron chi connectivity index (χ1n) is 11.7. The number of Topliss-reactive ketones (excluding diaryl/α,β-unsaturated/α-hetero) is 1. The summed E-state index contributed by atoms with van der Waals surface area (Å²) >= 11 is 0. The molecule has 0 unspecified atom stereocenters. The summed E-state index contributed by atoms with van der Waals surface area (Å²) in [6.45, 7) is 6.20. The van der Waals surface area contributed by atoms with E-state index in [0.29, 0.717) is 17.7 Å². The van der Waals surface area contributed by atoms with Crippen LogP contribution in [0.1, 0.15) is 84.3 Å². The van der Waals surface area contributed by atoms with Crippen LogP contribution in [0.2, 0.25) is 0 Å². The number of nitrogens with zero attached hydrogens (tertiary/aromatic N) is 1. The fourth-order valence-corrected chi connectivity index (χ4v) is 5.50. The fourth-order valence-electron chi connectivity index (χ4n) is 5.50. The molecule has 2 aliphatic carbocycles. The van der Waals surface area contributed by atoms with Crippen molar-refractivity contribution in [2.75, 3.05) is 5.32 Å². The molecule has 0 spiro atoms. The van der Waals surface area contributed by atoms with Crippen LogP contribution in [0.3, 0.4) is 0 Å². The van der Waals surface area contributed by atoms with Gasteiger partial charge in [0.15, 0.2) is 5.78 Å². The van der Waals surface area contributed by atoms with Gasteiger partial charge in [-0.2, -0.15) is 0 Å². The third-order valence-electron chi connectivity index (χ3n) is 7.08. The molecule has 1 aromatic carbocycles. The van der Waals surface area contributed by atoms with Crippen molar-refractivity contribution in [2.45, 2.75) is 71.8 Å². The summed E-state index contributed by atoms with van der Waals surface area (Å²) in [5, 5.41) is 12.5. The van der Waals surface area contributed by atoms with Crippen molar-refractivity contribution in [1.82, 2.24) is 4.57 Å². The molecule has 1 heterocycles. The smallest absolute Gasteiger partial charge is 0.303 e. The molecule has 0 saturated heterocycles. The Morgan fingerprint density at radius 3 is 2.52 bits per heavy atom. The van der Waals surface area contributed by atoms with Crippen molar-refractivity contribution in [2.24, 2.45) is 17.1 Å². The van der Waals surface area contributed by atoms with Gasteiger partial charge in [0.25, 0.3) is 5.91 Å². The van der Waals surface area contributed by atoms with Gasteiger partial charge in [0.1, 0.15) is 0 Å². The summed E-state index contributed by atoms with van der Waals surface area (Å²) in [5.74, 6) is -0.853. The minimum Gasteiger partial charge on any atom is -0.481 e. The number of nitrogens with two attached hydrogens (primary N) is 1. The average Bonchev–Trinajstić information content (AvgIpc) is 3.04. The van der Waals surface area contributed by atoms with Crippen molar-refractivity contribution >= 4 is 23.3 Å². The summed E-state index contributed by atoms with van der Waals surface area (Å²) in [5.41, 5.74) is 10.4. The fraction of sp³-hybridized carbons (Fsp3) is 0.500. The molecule has 1 saturated carbocycles. The molecule has 0 radical (unpaired) electrons. The van der Waals surface area contributed by atoms with E-state index in [2.05, 4.69) is 23.7 Å². The largest absolute Gasteiger partial charge is 0.481 e. The van der Waals surface area contributed by atoms with E-state index in [4.69, 9.17) is 10.8 Å². The standard InChI is InChI=1S/C26H33N3O4/c1-15-14-29(21-12-26(2,3)13-22(30)24(15)21)18-8-9-19(25(27)33)20(11-18)28-17-6-4-16(5-7-17)10-23(31)32/h8-9,11,14,16-17,28H,4-7,10,12-13H2,1-3H3,(H2,27,33)(H,31,32). The summed E-state index contributed by atoms with van der Waals surface area (Å²) in [6.07, 6.45) is 6.95. The van der Waals surface area contributed by atoms with Crippen molar-refractivity contribution in [3.8, 4) is 5.69 Å². The van der Waals surface area contributed by atoms with Gasteiger partial charge in [0.05, 0.1) is 5.56 Å². The monoisotopic (exact) mass is 451 g/mol. The molecule has 2 aliphatic rings. The van der Waals surface area contributed by atoms with E-state index in [0.717, 1.165) is 54.6 Å². The van der Waals surface area contributed by atoms with Crippen LogP contribution >= 0.6 is 0 Å². The van der Waals surface area contributed by atoms with Crippen LogP contribution in [-0.2, 0) is 11.2 Å². The Bertz CT molecular complexity index is 1110. The van der Waals surface area contributed by atoms with Crippen molar-refractivity contribution < 1.29 is 19.5 Å². The maximum atomic E-state index is 12.8. The van der Waals surface area contributed by atoms with Crippen LogP contribution in [0, 0.1) is 18.3 Å². The molecule has 2 aromatic rings. The number of carboxylic acid groups (broad SMARTS) is 1. The van der Waals surface area contributed by atoms with Gasteiger partial charge in [-0.15, -0.1) is 0 Å². The van der Waals surface area contributed by atoms with Gasteiger partial charge in [-0.05, 0) is 74.1 Å². The number of carbonyl (C=O) groups excluding carboxylic acids is 2. The molecule has 7 heteroatoms. The lowest BCUT2D eigenvalue weighted by Crippen LogP contribution is -2.29. The molecule has 0 aliphatic heterocycles. The lowest BCUT2D eigenvalue weighted by Gasteiger charge is -2.31. The zero-order valence-corrected chi connectivity index (χ0v) is 19.6. The minimum atomic E-state index is -0.748. The highest BCUT2D eigenvalue weighted by molar-refractivity contribution is 6.01. The van der Waals surface area contributed by atoms with Crippen molar-refractivity contribution in [1.29, 1.82) is 0 Å². The Morgan fingerprint density at radius 1 is 1.18 bits per heavy atom. The third kappa shape index (κ3) is 4.82. The molecule has 33 heavy (non-hydrogen) atoms. The van der Waals surface area contributed by atoms with Crippen LogP contribution in [0.5, 0.6) is 0 Å². The topological polar surface area (TPSA) is 114 Å². The molecule has 1 fully saturated rings. The van der Waals surface area contributed by atoms with E-state index in [1.54, 1.807) is 6.07 Å². The van der Waals surface area contributed by atoms with E-state index >= 15 is 0 Å². The van der Waals surface area contributed by atoms with Gasteiger partial charge in [0, 0.05) is 47.7 Å². The number of nitrogens with one attached hydrogen (secondary N) is 1. The second-order valence-corrected chi connectivity index (χ2v) is 10.5. The molecule has 0 bridgehead atoms. The van der Waals surface area contributed by atoms with Gasteiger partial charge in [-0.3, -0.25) is 14.4 Å². The first kappa shape index (κ1) is 23.1. The number of carboxylic acids is 1. The molecule has 4 rings (SSSR count). The number of primary amides is 1. The zero-order valence-electron chi connectivity index (χ0n) is 19.6. The SMILES string of the molecule is Cc1cn(-c2ccc(C(N)=O)c(NC3CCC(CC(=O)O)CC3)c2)c2c1C(=O)CC(C)(C)C2. The second kappa shape index (κ2) is 8.69. The second-order valence-electron chi connectivity index (χ2n) is 10.5. The number of aryl methyl sites for hydroxylation is 1. The van der Waals surface area contributed by atoms with Crippen LogP contribution < -0.4 is 11.1 Å². The molecular formula is C26H33N3O4. The Morgan fingerprint density at radius 2 is 1.88 bits per heavy atom. The summed E-state index contributed by atoms with van der Waals surface area (Å²) in [6, 6.07) is 5.72. The maximum Gasteiger partial charge on any atom is 0.303 e. The normalized spacial score (nSPS) is 22.0. The number of hydrogen-bond donors (Lipinski definition) is 3. The van der Waals surface area contributed by atoms with Gasteiger partial charge >= 0.3 is 5.97 Å². The highest BCUT2D eigenvalue weighted by Crippen LogP contribution is 2.38. The highest BCUT2D eigenvalue weighted by atomic mass is 16.4. The summed E-state index contributed by atoms with van der Waals surface area (Å²) in [7, 11) is 0. The number of carbonyl (C=O) groups is 3. The molecule has 0 atom stereocenters. The number of ketones is 1. The number of amides is 1. The van der Waals surface area contributed by atoms with E-state index in [1.807, 2.05) is 25.3 Å². The average molecular weight is 452 g/mol.